The molecule has 3 rings (SSSR count). The maximum atomic E-state index is 2.46. The minimum Gasteiger partial charge on any atom is -0.0620 e. The average Bonchev–Trinajstić information content (AvgIpc) is 1.99. The van der Waals surface area contributed by atoms with E-state index in [2.05, 4.69) is 20.8 Å². The van der Waals surface area contributed by atoms with Crippen molar-refractivity contribution in [1.82, 2.24) is 0 Å². The maximum Gasteiger partial charge on any atom is -0.0292 e. The van der Waals surface area contributed by atoms with Crippen LogP contribution in [0.15, 0.2) is 0 Å². The topological polar surface area (TPSA) is 0 Å². The SMILES string of the molecule is CC1C2CC(C)(C2)C1C. The van der Waals surface area contributed by atoms with Crippen molar-refractivity contribution in [2.24, 2.45) is 23.2 Å². The summed E-state index contributed by atoms with van der Waals surface area (Å²) in [5, 5.41) is 0. The normalized spacial score (nSPS) is 63.7. The molecule has 0 amide bonds. The summed E-state index contributed by atoms with van der Waals surface area (Å²) in [6, 6.07) is 0. The third-order valence-electron chi connectivity index (χ3n) is 4.09. The van der Waals surface area contributed by atoms with E-state index < -0.39 is 0 Å². The molecule has 0 heteroatoms. The summed E-state index contributed by atoms with van der Waals surface area (Å²) in [5.41, 5.74) is 0.768. The predicted molar refractivity (Wildman–Crippen MR) is 39.2 cm³/mol. The summed E-state index contributed by atoms with van der Waals surface area (Å²) in [4.78, 5) is 0. The fourth-order valence-corrected chi connectivity index (χ4v) is 2.92. The second-order valence-corrected chi connectivity index (χ2v) is 4.47. The van der Waals surface area contributed by atoms with Gasteiger partial charge in [0.05, 0.1) is 0 Å². The van der Waals surface area contributed by atoms with E-state index in [0.29, 0.717) is 0 Å². The van der Waals surface area contributed by atoms with Crippen molar-refractivity contribution in [3.05, 3.63) is 0 Å². The molecule has 2 atom stereocenters. The smallest absolute Gasteiger partial charge is 0.0292 e. The lowest BCUT2D eigenvalue weighted by Crippen LogP contribution is -2.26. The molecule has 3 fully saturated rings. The molecular formula is C9H16. The summed E-state index contributed by atoms with van der Waals surface area (Å²) in [6.07, 6.45) is 3.05. The molecule has 0 aromatic rings. The standard InChI is InChI=1S/C9H16/c1-6-7(2)9(3)4-8(6)5-9/h6-8H,4-5H2,1-3H3. The van der Waals surface area contributed by atoms with Crippen LogP contribution < -0.4 is 0 Å². The first-order valence-corrected chi connectivity index (χ1v) is 4.13. The highest BCUT2D eigenvalue weighted by Crippen LogP contribution is 2.64. The molecule has 3 aliphatic carbocycles. The molecule has 0 heterocycles. The van der Waals surface area contributed by atoms with Gasteiger partial charge in [0.15, 0.2) is 0 Å². The first-order chi connectivity index (χ1) is 4.13. The molecule has 3 saturated carbocycles. The average molecular weight is 124 g/mol. The fraction of sp³-hybridized carbons (Fsp3) is 1.00. The van der Waals surface area contributed by atoms with Gasteiger partial charge < -0.3 is 0 Å². The largest absolute Gasteiger partial charge is 0.0620 e. The summed E-state index contributed by atoms with van der Waals surface area (Å²) < 4.78 is 0. The van der Waals surface area contributed by atoms with E-state index in [1.54, 1.807) is 0 Å². The number of fused-ring (bicyclic) bond motifs is 1. The van der Waals surface area contributed by atoms with Crippen LogP contribution >= 0.6 is 0 Å². The van der Waals surface area contributed by atoms with Gasteiger partial charge in [-0.05, 0) is 36.0 Å². The Balaban J connectivity index is 2.23. The molecule has 0 nitrogen and oxygen atoms in total. The fourth-order valence-electron chi connectivity index (χ4n) is 2.92. The molecule has 2 bridgehead atoms. The Hall–Kier alpha value is 0. The van der Waals surface area contributed by atoms with Gasteiger partial charge >= 0.3 is 0 Å². The summed E-state index contributed by atoms with van der Waals surface area (Å²) >= 11 is 0. The zero-order valence-electron chi connectivity index (χ0n) is 6.65. The number of hydrogen-bond donors (Lipinski definition) is 0. The zero-order chi connectivity index (χ0) is 6.65. The Labute approximate surface area is 57.6 Å². The zero-order valence-corrected chi connectivity index (χ0v) is 6.65. The lowest BCUT2D eigenvalue weighted by molar-refractivity contribution is 0.138. The van der Waals surface area contributed by atoms with Gasteiger partial charge in [0.2, 0.25) is 0 Å². The second-order valence-electron chi connectivity index (χ2n) is 4.47. The van der Waals surface area contributed by atoms with Crippen LogP contribution in [0.1, 0.15) is 33.6 Å². The van der Waals surface area contributed by atoms with E-state index in [-0.39, 0.29) is 0 Å². The van der Waals surface area contributed by atoms with Crippen molar-refractivity contribution < 1.29 is 0 Å². The van der Waals surface area contributed by atoms with Crippen LogP contribution in [0.5, 0.6) is 0 Å². The Morgan fingerprint density at radius 1 is 1.22 bits per heavy atom. The number of rotatable bonds is 0. The first kappa shape index (κ1) is 5.76. The van der Waals surface area contributed by atoms with Crippen molar-refractivity contribution in [2.75, 3.05) is 0 Å². The van der Waals surface area contributed by atoms with E-state index in [9.17, 15) is 0 Å². The molecule has 0 aromatic heterocycles. The highest BCUT2D eigenvalue weighted by Gasteiger charge is 2.55. The molecule has 0 N–H and O–H groups in total. The summed E-state index contributed by atoms with van der Waals surface area (Å²) in [7, 11) is 0. The number of hydrogen-bond acceptors (Lipinski definition) is 0. The van der Waals surface area contributed by atoms with Crippen LogP contribution in [-0.2, 0) is 0 Å². The summed E-state index contributed by atoms with van der Waals surface area (Å²) in [6.45, 7) is 7.31. The van der Waals surface area contributed by atoms with Gasteiger partial charge in [-0.3, -0.25) is 0 Å². The molecular weight excluding hydrogens is 108 g/mol. The van der Waals surface area contributed by atoms with E-state index in [4.69, 9.17) is 0 Å². The molecule has 0 aromatic carbocycles. The molecule has 9 heavy (non-hydrogen) atoms. The van der Waals surface area contributed by atoms with Gasteiger partial charge in [-0.2, -0.15) is 0 Å². The van der Waals surface area contributed by atoms with Crippen molar-refractivity contribution in [1.29, 1.82) is 0 Å². The van der Waals surface area contributed by atoms with Gasteiger partial charge in [0.25, 0.3) is 0 Å². The minimum absolute atomic E-state index is 0.768. The van der Waals surface area contributed by atoms with Gasteiger partial charge in [-0.15, -0.1) is 0 Å². The van der Waals surface area contributed by atoms with Crippen LogP contribution in [0.4, 0.5) is 0 Å². The van der Waals surface area contributed by atoms with Crippen LogP contribution in [0.25, 0.3) is 0 Å². The molecule has 52 valence electrons. The van der Waals surface area contributed by atoms with Crippen molar-refractivity contribution in [2.45, 2.75) is 33.6 Å². The van der Waals surface area contributed by atoms with E-state index in [1.165, 1.54) is 12.8 Å². The maximum absolute atomic E-state index is 2.46. The Morgan fingerprint density at radius 2 is 1.78 bits per heavy atom. The third-order valence-corrected chi connectivity index (χ3v) is 4.09. The van der Waals surface area contributed by atoms with Crippen molar-refractivity contribution in [3.63, 3.8) is 0 Å². The minimum atomic E-state index is 0.768. The third kappa shape index (κ3) is 0.500. The van der Waals surface area contributed by atoms with Gasteiger partial charge in [0, 0.05) is 0 Å². The highest BCUT2D eigenvalue weighted by molar-refractivity contribution is 5.05. The van der Waals surface area contributed by atoms with Gasteiger partial charge in [0.1, 0.15) is 0 Å². The van der Waals surface area contributed by atoms with Crippen LogP contribution in [0.3, 0.4) is 0 Å². The van der Waals surface area contributed by atoms with E-state index >= 15 is 0 Å². The molecule has 0 saturated heterocycles. The van der Waals surface area contributed by atoms with Crippen molar-refractivity contribution >= 4 is 0 Å². The van der Waals surface area contributed by atoms with Crippen LogP contribution in [0.2, 0.25) is 0 Å². The first-order valence-electron chi connectivity index (χ1n) is 4.13. The van der Waals surface area contributed by atoms with Crippen LogP contribution in [0, 0.1) is 23.2 Å². The van der Waals surface area contributed by atoms with E-state index in [1.807, 2.05) is 0 Å². The van der Waals surface area contributed by atoms with Gasteiger partial charge in [-0.1, -0.05) is 20.8 Å². The summed E-state index contributed by atoms with van der Waals surface area (Å²) in [5.74, 6) is 3.13. The van der Waals surface area contributed by atoms with Gasteiger partial charge in [-0.25, -0.2) is 0 Å². The monoisotopic (exact) mass is 124 g/mol. The molecule has 0 radical (unpaired) electrons. The Morgan fingerprint density at radius 3 is 1.89 bits per heavy atom. The quantitative estimate of drug-likeness (QED) is 0.465. The predicted octanol–water partition coefficient (Wildman–Crippen LogP) is 2.69. The molecule has 3 aliphatic rings. The second kappa shape index (κ2) is 1.36. The van der Waals surface area contributed by atoms with E-state index in [0.717, 1.165) is 23.2 Å². The molecule has 2 unspecified atom stereocenters. The molecule has 0 spiro atoms. The molecule has 0 aliphatic heterocycles. The lowest BCUT2D eigenvalue weighted by Gasteiger charge is -2.36. The Kier molecular flexibility index (Phi) is 0.868. The highest BCUT2D eigenvalue weighted by atomic mass is 14.6. The lowest BCUT2D eigenvalue weighted by atomic mass is 9.69. The Bertz CT molecular complexity index is 131. The van der Waals surface area contributed by atoms with Crippen molar-refractivity contribution in [3.8, 4) is 0 Å². The van der Waals surface area contributed by atoms with Crippen LogP contribution in [-0.4, -0.2) is 0 Å².